The molecule has 116 valence electrons. The number of hydrogen-bond donors (Lipinski definition) is 1. The Labute approximate surface area is 118 Å². The second-order valence-electron chi connectivity index (χ2n) is 4.18. The highest BCUT2D eigenvalue weighted by Crippen LogP contribution is 2.35. The SMILES string of the molecule is COC(=O)[C@](O)(CC(=O)c1ccc(OC)cc1)C(F)(F)F. The first-order valence-corrected chi connectivity index (χ1v) is 5.70. The van der Waals surface area contributed by atoms with Crippen LogP contribution in [0.3, 0.4) is 0 Å². The van der Waals surface area contributed by atoms with Crippen molar-refractivity contribution >= 4 is 11.8 Å². The summed E-state index contributed by atoms with van der Waals surface area (Å²) in [7, 11) is 2.08. The zero-order chi connectivity index (χ0) is 16.3. The summed E-state index contributed by atoms with van der Waals surface area (Å²) in [4.78, 5) is 23.0. The summed E-state index contributed by atoms with van der Waals surface area (Å²) in [5.41, 5.74) is -3.97. The number of aliphatic hydroxyl groups is 1. The minimum atomic E-state index is -5.33. The van der Waals surface area contributed by atoms with Crippen LogP contribution in [0.4, 0.5) is 13.2 Å². The van der Waals surface area contributed by atoms with Gasteiger partial charge in [-0.2, -0.15) is 13.2 Å². The average Bonchev–Trinajstić information content (AvgIpc) is 2.45. The van der Waals surface area contributed by atoms with Crippen LogP contribution in [0.25, 0.3) is 0 Å². The van der Waals surface area contributed by atoms with Crippen LogP contribution in [0.1, 0.15) is 16.8 Å². The zero-order valence-electron chi connectivity index (χ0n) is 11.2. The van der Waals surface area contributed by atoms with Gasteiger partial charge in [0.15, 0.2) is 5.78 Å². The molecule has 0 amide bonds. The number of Topliss-reactive ketones (excluding diaryl/α,β-unsaturated/α-hetero) is 1. The number of alkyl halides is 3. The van der Waals surface area contributed by atoms with Gasteiger partial charge in [-0.05, 0) is 24.3 Å². The van der Waals surface area contributed by atoms with E-state index in [1.54, 1.807) is 0 Å². The molecule has 0 aliphatic heterocycles. The van der Waals surface area contributed by atoms with Crippen molar-refractivity contribution in [1.29, 1.82) is 0 Å². The minimum Gasteiger partial charge on any atom is -0.497 e. The molecule has 1 aromatic carbocycles. The maximum Gasteiger partial charge on any atom is 0.428 e. The lowest BCUT2D eigenvalue weighted by atomic mass is 9.93. The molecule has 0 radical (unpaired) electrons. The van der Waals surface area contributed by atoms with E-state index in [2.05, 4.69) is 4.74 Å². The van der Waals surface area contributed by atoms with Crippen LogP contribution in [0.2, 0.25) is 0 Å². The Morgan fingerprint density at radius 2 is 1.67 bits per heavy atom. The number of carbonyl (C=O) groups is 2. The summed E-state index contributed by atoms with van der Waals surface area (Å²) in [5, 5.41) is 9.50. The van der Waals surface area contributed by atoms with Gasteiger partial charge in [0.2, 0.25) is 0 Å². The van der Waals surface area contributed by atoms with E-state index < -0.39 is 30.0 Å². The molecule has 0 aliphatic carbocycles. The van der Waals surface area contributed by atoms with Crippen LogP contribution in [0, 0.1) is 0 Å². The van der Waals surface area contributed by atoms with E-state index in [-0.39, 0.29) is 5.56 Å². The smallest absolute Gasteiger partial charge is 0.428 e. The molecule has 0 spiro atoms. The van der Waals surface area contributed by atoms with Gasteiger partial charge in [-0.3, -0.25) is 4.79 Å². The number of hydrogen-bond acceptors (Lipinski definition) is 5. The van der Waals surface area contributed by atoms with Gasteiger partial charge in [0.05, 0.1) is 20.6 Å². The third-order valence-corrected chi connectivity index (χ3v) is 2.82. The van der Waals surface area contributed by atoms with E-state index in [4.69, 9.17) is 4.74 Å². The summed E-state index contributed by atoms with van der Waals surface area (Å²) < 4.78 is 47.2. The molecule has 0 bridgehead atoms. The normalized spacial score (nSPS) is 14.2. The molecular formula is C13H13F3O5. The predicted molar refractivity (Wildman–Crippen MR) is 65.0 cm³/mol. The molecule has 1 atom stereocenters. The fourth-order valence-electron chi connectivity index (χ4n) is 1.57. The van der Waals surface area contributed by atoms with Crippen molar-refractivity contribution in [3.8, 4) is 5.75 Å². The van der Waals surface area contributed by atoms with Crippen molar-refractivity contribution in [2.24, 2.45) is 0 Å². The number of benzene rings is 1. The molecule has 0 saturated heterocycles. The quantitative estimate of drug-likeness (QED) is 0.662. The fraction of sp³-hybridized carbons (Fsp3) is 0.385. The second kappa shape index (κ2) is 6.13. The van der Waals surface area contributed by atoms with E-state index in [1.807, 2.05) is 0 Å². The van der Waals surface area contributed by atoms with E-state index in [1.165, 1.54) is 31.4 Å². The van der Waals surface area contributed by atoms with Crippen LogP contribution in [0.5, 0.6) is 5.75 Å². The topological polar surface area (TPSA) is 72.8 Å². The van der Waals surface area contributed by atoms with Crippen molar-refractivity contribution in [1.82, 2.24) is 0 Å². The predicted octanol–water partition coefficient (Wildman–Crippen LogP) is 1.73. The Bertz CT molecular complexity index is 524. The molecule has 0 fully saturated rings. The number of carbonyl (C=O) groups excluding carboxylic acids is 2. The lowest BCUT2D eigenvalue weighted by Gasteiger charge is -2.26. The van der Waals surface area contributed by atoms with Gasteiger partial charge in [-0.1, -0.05) is 0 Å². The van der Waals surface area contributed by atoms with Crippen LogP contribution in [-0.4, -0.2) is 42.9 Å². The van der Waals surface area contributed by atoms with E-state index in [0.29, 0.717) is 12.9 Å². The molecule has 1 N–H and O–H groups in total. The van der Waals surface area contributed by atoms with Crippen LogP contribution >= 0.6 is 0 Å². The van der Waals surface area contributed by atoms with Crippen LogP contribution in [0.15, 0.2) is 24.3 Å². The molecule has 0 aromatic heterocycles. The number of halogens is 3. The van der Waals surface area contributed by atoms with Gasteiger partial charge in [0, 0.05) is 5.56 Å². The van der Waals surface area contributed by atoms with Gasteiger partial charge in [0.25, 0.3) is 5.60 Å². The summed E-state index contributed by atoms with van der Waals surface area (Å²) >= 11 is 0. The third-order valence-electron chi connectivity index (χ3n) is 2.82. The minimum absolute atomic E-state index is 0.0950. The average molecular weight is 306 g/mol. The monoisotopic (exact) mass is 306 g/mol. The summed E-state index contributed by atoms with van der Waals surface area (Å²) in [6.45, 7) is 0. The standard InChI is InChI=1S/C13H13F3O5/c1-20-9-5-3-8(4-6-9)10(17)7-12(19,11(18)21-2)13(14,15)16/h3-6,19H,7H2,1-2H3/t12-/m1/s1. The van der Waals surface area contributed by atoms with Crippen molar-refractivity contribution in [3.05, 3.63) is 29.8 Å². The van der Waals surface area contributed by atoms with Gasteiger partial charge in [0.1, 0.15) is 5.75 Å². The molecule has 0 heterocycles. The highest BCUT2D eigenvalue weighted by atomic mass is 19.4. The largest absolute Gasteiger partial charge is 0.497 e. The van der Waals surface area contributed by atoms with Crippen LogP contribution in [-0.2, 0) is 9.53 Å². The molecule has 0 aliphatic rings. The number of rotatable bonds is 5. The molecule has 0 saturated carbocycles. The molecule has 5 nitrogen and oxygen atoms in total. The lowest BCUT2D eigenvalue weighted by Crippen LogP contribution is -2.54. The van der Waals surface area contributed by atoms with Crippen molar-refractivity contribution in [2.75, 3.05) is 14.2 Å². The summed E-state index contributed by atoms with van der Waals surface area (Å²) in [6, 6.07) is 5.21. The van der Waals surface area contributed by atoms with Crippen molar-refractivity contribution in [2.45, 2.75) is 18.2 Å². The number of esters is 1. The lowest BCUT2D eigenvalue weighted by molar-refractivity contribution is -0.260. The van der Waals surface area contributed by atoms with Crippen LogP contribution < -0.4 is 4.74 Å². The second-order valence-corrected chi connectivity index (χ2v) is 4.18. The van der Waals surface area contributed by atoms with Gasteiger partial charge in [-0.15, -0.1) is 0 Å². The highest BCUT2D eigenvalue weighted by Gasteiger charge is 2.61. The van der Waals surface area contributed by atoms with Gasteiger partial charge >= 0.3 is 12.1 Å². The molecule has 0 unspecified atom stereocenters. The maximum absolute atomic E-state index is 12.8. The fourth-order valence-corrected chi connectivity index (χ4v) is 1.57. The molecule has 1 aromatic rings. The molecule has 1 rings (SSSR count). The van der Waals surface area contributed by atoms with E-state index >= 15 is 0 Å². The van der Waals surface area contributed by atoms with Gasteiger partial charge < -0.3 is 14.6 Å². The molecule has 8 heteroatoms. The summed E-state index contributed by atoms with van der Waals surface area (Å²) in [5.74, 6) is -2.58. The van der Waals surface area contributed by atoms with Crippen molar-refractivity contribution < 1.29 is 37.3 Å². The molecular weight excluding hydrogens is 293 g/mol. The van der Waals surface area contributed by atoms with E-state index in [0.717, 1.165) is 0 Å². The molecule has 21 heavy (non-hydrogen) atoms. The Morgan fingerprint density at radius 1 is 1.14 bits per heavy atom. The van der Waals surface area contributed by atoms with Gasteiger partial charge in [-0.25, -0.2) is 4.79 Å². The third kappa shape index (κ3) is 3.52. The first kappa shape index (κ1) is 17.0. The van der Waals surface area contributed by atoms with Crippen molar-refractivity contribution in [3.63, 3.8) is 0 Å². The van der Waals surface area contributed by atoms with E-state index in [9.17, 15) is 27.9 Å². The zero-order valence-corrected chi connectivity index (χ0v) is 11.2. The first-order chi connectivity index (χ1) is 9.65. The highest BCUT2D eigenvalue weighted by molar-refractivity contribution is 6.00. The number of ether oxygens (including phenoxy) is 2. The Morgan fingerprint density at radius 3 is 2.05 bits per heavy atom. The summed E-state index contributed by atoms with van der Waals surface area (Å²) in [6.07, 6.45) is -6.79. The number of methoxy groups -OCH3 is 2. The Kier molecular flexibility index (Phi) is 4.95. The maximum atomic E-state index is 12.8. The Balaban J connectivity index is 3.03. The number of ketones is 1. The Hall–Kier alpha value is -2.09. The first-order valence-electron chi connectivity index (χ1n) is 5.70.